The number of carbonyl (C=O) groups is 1. The molecule has 0 spiro atoms. The molecule has 15 heavy (non-hydrogen) atoms. The van der Waals surface area contributed by atoms with Gasteiger partial charge in [-0.25, -0.2) is 9.18 Å². The average Bonchev–Trinajstić information content (AvgIpc) is 2.17. The van der Waals surface area contributed by atoms with Crippen molar-refractivity contribution in [3.63, 3.8) is 0 Å². The number of phenols is 1. The highest BCUT2D eigenvalue weighted by atomic mass is 19.1. The highest BCUT2D eigenvalue weighted by Crippen LogP contribution is 2.33. The first-order valence-electron chi connectivity index (χ1n) is 4.54. The topological polar surface area (TPSA) is 57.5 Å². The maximum absolute atomic E-state index is 13.6. The van der Waals surface area contributed by atoms with Crippen molar-refractivity contribution in [3.05, 3.63) is 34.9 Å². The lowest BCUT2D eigenvalue weighted by atomic mass is 9.91. The molecule has 2 N–H and O–H groups in total. The summed E-state index contributed by atoms with van der Waals surface area (Å²) in [6.45, 7) is 0. The van der Waals surface area contributed by atoms with E-state index in [0.717, 1.165) is 0 Å². The molecule has 1 aromatic rings. The van der Waals surface area contributed by atoms with Gasteiger partial charge in [-0.2, -0.15) is 0 Å². The van der Waals surface area contributed by atoms with E-state index in [2.05, 4.69) is 0 Å². The van der Waals surface area contributed by atoms with Crippen LogP contribution in [-0.4, -0.2) is 16.2 Å². The molecule has 0 bridgehead atoms. The van der Waals surface area contributed by atoms with Crippen LogP contribution < -0.4 is 0 Å². The van der Waals surface area contributed by atoms with Crippen LogP contribution in [0.25, 0.3) is 5.83 Å². The summed E-state index contributed by atoms with van der Waals surface area (Å²) in [5.41, 5.74) is 0.738. The highest BCUT2D eigenvalue weighted by Gasteiger charge is 2.23. The van der Waals surface area contributed by atoms with Crippen molar-refractivity contribution in [2.24, 2.45) is 0 Å². The van der Waals surface area contributed by atoms with E-state index in [0.29, 0.717) is 12.0 Å². The lowest BCUT2D eigenvalue weighted by Crippen LogP contribution is -2.10. The second-order valence-corrected chi connectivity index (χ2v) is 3.44. The van der Waals surface area contributed by atoms with Gasteiger partial charge in [0.15, 0.2) is 0 Å². The predicted octanol–water partition coefficient (Wildman–Crippen LogP) is 2.10. The van der Waals surface area contributed by atoms with Crippen molar-refractivity contribution in [2.45, 2.75) is 12.8 Å². The van der Waals surface area contributed by atoms with E-state index in [1.807, 2.05) is 0 Å². The quantitative estimate of drug-likeness (QED) is 0.743. The Kier molecular flexibility index (Phi) is 2.19. The number of aliphatic carboxylic acids is 1. The van der Waals surface area contributed by atoms with Crippen LogP contribution >= 0.6 is 0 Å². The Balaban J connectivity index is 2.57. The number of fused-ring (bicyclic) bond motifs is 1. The van der Waals surface area contributed by atoms with E-state index in [-0.39, 0.29) is 23.3 Å². The fourth-order valence-corrected chi connectivity index (χ4v) is 1.73. The number of rotatable bonds is 1. The zero-order valence-electron chi connectivity index (χ0n) is 7.83. The smallest absolute Gasteiger partial charge is 0.334 e. The summed E-state index contributed by atoms with van der Waals surface area (Å²) in [6.07, 6.45) is 0.608. The minimum atomic E-state index is -1.22. The first-order valence-corrected chi connectivity index (χ1v) is 4.54. The van der Waals surface area contributed by atoms with Crippen molar-refractivity contribution < 1.29 is 19.4 Å². The van der Waals surface area contributed by atoms with E-state index in [1.165, 1.54) is 18.2 Å². The summed E-state index contributed by atoms with van der Waals surface area (Å²) in [5.74, 6) is -1.84. The van der Waals surface area contributed by atoms with Crippen LogP contribution in [0.5, 0.6) is 5.75 Å². The molecular formula is C11H9FO3. The van der Waals surface area contributed by atoms with Crippen molar-refractivity contribution in [3.8, 4) is 5.75 Å². The molecular weight excluding hydrogens is 199 g/mol. The third-order valence-corrected chi connectivity index (χ3v) is 2.49. The maximum Gasteiger partial charge on any atom is 0.334 e. The molecule has 1 aromatic carbocycles. The number of aromatic hydroxyl groups is 1. The number of halogens is 1. The number of carboxylic acids is 1. The predicted molar refractivity (Wildman–Crippen MR) is 52.1 cm³/mol. The van der Waals surface area contributed by atoms with Gasteiger partial charge in [-0.15, -0.1) is 0 Å². The molecule has 0 radical (unpaired) electrons. The van der Waals surface area contributed by atoms with E-state index in [4.69, 9.17) is 5.11 Å². The first kappa shape index (κ1) is 9.71. The Morgan fingerprint density at radius 2 is 2.07 bits per heavy atom. The van der Waals surface area contributed by atoms with Crippen molar-refractivity contribution in [1.29, 1.82) is 0 Å². The van der Waals surface area contributed by atoms with Crippen molar-refractivity contribution in [2.75, 3.05) is 0 Å². The lowest BCUT2D eigenvalue weighted by Gasteiger charge is -2.16. The third kappa shape index (κ3) is 1.58. The van der Waals surface area contributed by atoms with Crippen LogP contribution in [0.2, 0.25) is 0 Å². The Labute approximate surface area is 85.5 Å². The number of aryl methyl sites for hydroxylation is 1. The lowest BCUT2D eigenvalue weighted by molar-refractivity contribution is -0.132. The largest absolute Gasteiger partial charge is 0.508 e. The molecule has 78 valence electrons. The molecule has 1 aliphatic rings. The maximum atomic E-state index is 13.6. The van der Waals surface area contributed by atoms with Gasteiger partial charge in [0.1, 0.15) is 11.6 Å². The van der Waals surface area contributed by atoms with Crippen LogP contribution in [0, 0.1) is 0 Å². The second-order valence-electron chi connectivity index (χ2n) is 3.44. The number of carboxylic acid groups (broad SMARTS) is 1. The number of hydrogen-bond acceptors (Lipinski definition) is 2. The number of benzene rings is 1. The molecule has 2 rings (SSSR count). The zero-order valence-corrected chi connectivity index (χ0v) is 7.83. The third-order valence-electron chi connectivity index (χ3n) is 2.49. The molecule has 0 saturated heterocycles. The summed E-state index contributed by atoms with van der Waals surface area (Å²) < 4.78 is 13.6. The molecule has 0 aliphatic heterocycles. The van der Waals surface area contributed by atoms with Gasteiger partial charge in [0.25, 0.3) is 0 Å². The summed E-state index contributed by atoms with van der Waals surface area (Å²) >= 11 is 0. The average molecular weight is 208 g/mol. The van der Waals surface area contributed by atoms with Gasteiger partial charge in [0.2, 0.25) is 0 Å². The van der Waals surface area contributed by atoms with Crippen LogP contribution in [0.3, 0.4) is 0 Å². The summed E-state index contributed by atoms with van der Waals surface area (Å²) in [7, 11) is 0. The van der Waals surface area contributed by atoms with E-state index in [9.17, 15) is 14.3 Å². The summed E-state index contributed by atoms with van der Waals surface area (Å²) in [4.78, 5) is 10.7. The molecule has 0 saturated carbocycles. The molecule has 4 heteroatoms. The molecule has 0 amide bonds. The van der Waals surface area contributed by atoms with Gasteiger partial charge in [-0.1, -0.05) is 0 Å². The van der Waals surface area contributed by atoms with E-state index >= 15 is 0 Å². The highest BCUT2D eigenvalue weighted by molar-refractivity contribution is 5.95. The standard InChI is InChI=1S/C11H9FO3/c12-10-8-4-2-7(13)5-6(8)1-3-9(10)11(14)15/h2,4-5,13H,1,3H2,(H,14,15). The van der Waals surface area contributed by atoms with Crippen molar-refractivity contribution >= 4 is 11.8 Å². The van der Waals surface area contributed by atoms with Crippen LogP contribution in [0.4, 0.5) is 4.39 Å². The zero-order chi connectivity index (χ0) is 11.0. The normalized spacial score (nSPS) is 15.0. The van der Waals surface area contributed by atoms with Gasteiger partial charge in [0, 0.05) is 5.56 Å². The molecule has 1 aliphatic carbocycles. The second kappa shape index (κ2) is 3.38. The molecule has 0 fully saturated rings. The van der Waals surface area contributed by atoms with E-state index < -0.39 is 11.8 Å². The minimum absolute atomic E-state index is 0.0697. The van der Waals surface area contributed by atoms with Crippen LogP contribution in [-0.2, 0) is 11.2 Å². The Morgan fingerprint density at radius 3 is 2.73 bits per heavy atom. The molecule has 0 atom stereocenters. The minimum Gasteiger partial charge on any atom is -0.508 e. The Morgan fingerprint density at radius 1 is 1.33 bits per heavy atom. The van der Waals surface area contributed by atoms with Gasteiger partial charge in [-0.05, 0) is 36.6 Å². The molecule has 0 heterocycles. The number of phenolic OH excluding ortho intramolecular Hbond substituents is 1. The number of hydrogen-bond donors (Lipinski definition) is 2. The van der Waals surface area contributed by atoms with Gasteiger partial charge >= 0.3 is 5.97 Å². The fourth-order valence-electron chi connectivity index (χ4n) is 1.73. The molecule has 0 aromatic heterocycles. The van der Waals surface area contributed by atoms with E-state index in [1.54, 1.807) is 0 Å². The van der Waals surface area contributed by atoms with Gasteiger partial charge in [-0.3, -0.25) is 0 Å². The molecule has 0 unspecified atom stereocenters. The summed E-state index contributed by atoms with van der Waals surface area (Å²) in [5, 5.41) is 17.9. The SMILES string of the molecule is O=C(O)C1=C(F)c2ccc(O)cc2CC1. The van der Waals surface area contributed by atoms with Crippen LogP contribution in [0.1, 0.15) is 17.5 Å². The fraction of sp³-hybridized carbons (Fsp3) is 0.182. The molecule has 3 nitrogen and oxygen atoms in total. The summed E-state index contributed by atoms with van der Waals surface area (Å²) in [6, 6.07) is 4.22. The Hall–Kier alpha value is -1.84. The monoisotopic (exact) mass is 208 g/mol. The van der Waals surface area contributed by atoms with Gasteiger partial charge < -0.3 is 10.2 Å². The first-order chi connectivity index (χ1) is 7.09. The Bertz CT molecular complexity index is 463. The van der Waals surface area contributed by atoms with Crippen LogP contribution in [0.15, 0.2) is 23.8 Å². The van der Waals surface area contributed by atoms with Gasteiger partial charge in [0.05, 0.1) is 5.57 Å². The van der Waals surface area contributed by atoms with Crippen molar-refractivity contribution in [1.82, 2.24) is 0 Å².